The zero-order chi connectivity index (χ0) is 17.0. The first-order valence-electron chi connectivity index (χ1n) is 8.63. The van der Waals surface area contributed by atoms with Gasteiger partial charge in [-0.1, -0.05) is 0 Å². The van der Waals surface area contributed by atoms with Crippen LogP contribution in [-0.4, -0.2) is 27.3 Å². The predicted molar refractivity (Wildman–Crippen MR) is 101 cm³/mol. The smallest absolute Gasteiger partial charge is 0.119 e. The minimum absolute atomic E-state index is 0.769. The van der Waals surface area contributed by atoms with Crippen LogP contribution in [0.5, 0.6) is 11.5 Å². The van der Waals surface area contributed by atoms with Gasteiger partial charge in [0, 0.05) is 25.5 Å². The molecule has 4 nitrogen and oxygen atoms in total. The van der Waals surface area contributed by atoms with E-state index >= 15 is 0 Å². The fourth-order valence-corrected chi connectivity index (χ4v) is 2.37. The third kappa shape index (κ3) is 6.41. The summed E-state index contributed by atoms with van der Waals surface area (Å²) in [7, 11) is 3.83. The van der Waals surface area contributed by atoms with Crippen molar-refractivity contribution in [1.82, 2.24) is 0 Å². The van der Waals surface area contributed by atoms with E-state index in [1.54, 1.807) is 0 Å². The van der Waals surface area contributed by atoms with Gasteiger partial charge in [0.05, 0.1) is 13.2 Å². The van der Waals surface area contributed by atoms with Crippen molar-refractivity contribution < 1.29 is 9.47 Å². The van der Waals surface area contributed by atoms with Gasteiger partial charge in [-0.3, -0.25) is 0 Å². The average Bonchev–Trinajstić information content (AvgIpc) is 2.65. The van der Waals surface area contributed by atoms with Gasteiger partial charge in [0.1, 0.15) is 11.5 Å². The highest BCUT2D eigenvalue weighted by Crippen LogP contribution is 2.17. The summed E-state index contributed by atoms with van der Waals surface area (Å²) in [6.07, 6.45) is 4.47. The SMILES string of the molecule is CNc1ccc(OCCCCCCOc2ccc(NC)cc2)cc1. The molecule has 0 aliphatic rings. The maximum absolute atomic E-state index is 5.74. The van der Waals surface area contributed by atoms with Crippen molar-refractivity contribution in [2.75, 3.05) is 37.9 Å². The Bertz CT molecular complexity index is 514. The molecule has 24 heavy (non-hydrogen) atoms. The second-order valence-electron chi connectivity index (χ2n) is 5.66. The Kier molecular flexibility index (Phi) is 7.81. The maximum Gasteiger partial charge on any atom is 0.119 e. The molecule has 0 atom stereocenters. The van der Waals surface area contributed by atoms with Crippen molar-refractivity contribution >= 4 is 11.4 Å². The zero-order valence-corrected chi connectivity index (χ0v) is 14.7. The van der Waals surface area contributed by atoms with Crippen LogP contribution >= 0.6 is 0 Å². The van der Waals surface area contributed by atoms with Crippen LogP contribution in [0.1, 0.15) is 25.7 Å². The Morgan fingerprint density at radius 2 is 0.958 bits per heavy atom. The molecule has 0 unspecified atom stereocenters. The fraction of sp³-hybridized carbons (Fsp3) is 0.400. The van der Waals surface area contributed by atoms with Gasteiger partial charge in [-0.15, -0.1) is 0 Å². The van der Waals surface area contributed by atoms with Gasteiger partial charge < -0.3 is 20.1 Å². The van der Waals surface area contributed by atoms with Crippen LogP contribution in [0.4, 0.5) is 11.4 Å². The van der Waals surface area contributed by atoms with E-state index in [1.165, 1.54) is 0 Å². The van der Waals surface area contributed by atoms with Gasteiger partial charge in [-0.05, 0) is 74.2 Å². The summed E-state index contributed by atoms with van der Waals surface area (Å²) < 4.78 is 11.5. The van der Waals surface area contributed by atoms with Crippen LogP contribution in [-0.2, 0) is 0 Å². The molecule has 4 heteroatoms. The highest BCUT2D eigenvalue weighted by molar-refractivity contribution is 5.46. The van der Waals surface area contributed by atoms with Crippen molar-refractivity contribution in [3.63, 3.8) is 0 Å². The molecule has 2 aromatic carbocycles. The molecule has 2 aromatic rings. The lowest BCUT2D eigenvalue weighted by molar-refractivity contribution is 0.287. The van der Waals surface area contributed by atoms with Gasteiger partial charge in [0.15, 0.2) is 0 Å². The van der Waals surface area contributed by atoms with E-state index in [9.17, 15) is 0 Å². The van der Waals surface area contributed by atoms with E-state index in [1.807, 2.05) is 62.6 Å². The van der Waals surface area contributed by atoms with Crippen molar-refractivity contribution in [1.29, 1.82) is 0 Å². The van der Waals surface area contributed by atoms with E-state index in [0.29, 0.717) is 0 Å². The first-order valence-corrected chi connectivity index (χ1v) is 8.63. The summed E-state index contributed by atoms with van der Waals surface area (Å²) in [6.45, 7) is 1.54. The Hall–Kier alpha value is -2.36. The van der Waals surface area contributed by atoms with Crippen LogP contribution in [0, 0.1) is 0 Å². The number of hydrogen-bond acceptors (Lipinski definition) is 4. The Morgan fingerprint density at radius 3 is 1.29 bits per heavy atom. The maximum atomic E-state index is 5.74. The van der Waals surface area contributed by atoms with E-state index in [-0.39, 0.29) is 0 Å². The molecular formula is C20H28N2O2. The highest BCUT2D eigenvalue weighted by atomic mass is 16.5. The van der Waals surface area contributed by atoms with Gasteiger partial charge >= 0.3 is 0 Å². The fourth-order valence-electron chi connectivity index (χ4n) is 2.37. The second kappa shape index (κ2) is 10.4. The van der Waals surface area contributed by atoms with Gasteiger partial charge in [0.2, 0.25) is 0 Å². The van der Waals surface area contributed by atoms with Gasteiger partial charge in [-0.2, -0.15) is 0 Å². The lowest BCUT2D eigenvalue weighted by Crippen LogP contribution is -2.00. The number of anilines is 2. The van der Waals surface area contributed by atoms with Crippen molar-refractivity contribution in [3.8, 4) is 11.5 Å². The van der Waals surface area contributed by atoms with Crippen LogP contribution in [0.25, 0.3) is 0 Å². The molecule has 0 aliphatic carbocycles. The summed E-state index contributed by atoms with van der Waals surface area (Å²) in [4.78, 5) is 0. The molecule has 0 aliphatic heterocycles. The van der Waals surface area contributed by atoms with Crippen LogP contribution in [0.2, 0.25) is 0 Å². The molecule has 130 valence electrons. The van der Waals surface area contributed by atoms with Crippen LogP contribution in [0.15, 0.2) is 48.5 Å². The van der Waals surface area contributed by atoms with E-state index < -0.39 is 0 Å². The number of rotatable bonds is 11. The first kappa shape index (κ1) is 18.0. The predicted octanol–water partition coefficient (Wildman–Crippen LogP) is 4.79. The van der Waals surface area contributed by atoms with Crippen molar-refractivity contribution in [2.45, 2.75) is 25.7 Å². The second-order valence-corrected chi connectivity index (χ2v) is 5.66. The monoisotopic (exact) mass is 328 g/mol. The lowest BCUT2D eigenvalue weighted by Gasteiger charge is -2.08. The normalized spacial score (nSPS) is 10.2. The highest BCUT2D eigenvalue weighted by Gasteiger charge is 1.97. The minimum atomic E-state index is 0.769. The molecule has 0 radical (unpaired) electrons. The summed E-state index contributed by atoms with van der Waals surface area (Å²) in [5.74, 6) is 1.87. The third-order valence-electron chi connectivity index (χ3n) is 3.86. The molecule has 2 N–H and O–H groups in total. The molecule has 0 bridgehead atoms. The Morgan fingerprint density at radius 1 is 0.583 bits per heavy atom. The van der Waals surface area contributed by atoms with Crippen LogP contribution in [0.3, 0.4) is 0 Å². The molecule has 2 rings (SSSR count). The molecule has 0 spiro atoms. The number of ether oxygens (including phenoxy) is 2. The number of hydrogen-bond donors (Lipinski definition) is 2. The minimum Gasteiger partial charge on any atom is -0.494 e. The Balaban J connectivity index is 1.48. The molecule has 0 fully saturated rings. The topological polar surface area (TPSA) is 42.5 Å². The summed E-state index contributed by atoms with van der Waals surface area (Å²) in [5, 5.41) is 6.19. The average molecular weight is 328 g/mol. The van der Waals surface area contributed by atoms with E-state index in [2.05, 4.69) is 10.6 Å². The lowest BCUT2D eigenvalue weighted by atomic mass is 10.2. The first-order chi connectivity index (χ1) is 11.8. The van der Waals surface area contributed by atoms with E-state index in [4.69, 9.17) is 9.47 Å². The quantitative estimate of drug-likeness (QED) is 0.582. The van der Waals surface area contributed by atoms with E-state index in [0.717, 1.165) is 61.8 Å². The molecule has 0 aromatic heterocycles. The number of unbranched alkanes of at least 4 members (excludes halogenated alkanes) is 3. The summed E-state index contributed by atoms with van der Waals surface area (Å²) >= 11 is 0. The largest absolute Gasteiger partial charge is 0.494 e. The van der Waals surface area contributed by atoms with Crippen molar-refractivity contribution in [3.05, 3.63) is 48.5 Å². The standard InChI is InChI=1S/C20H28N2O2/c1-21-17-7-11-19(12-8-17)23-15-5-3-4-6-16-24-20-13-9-18(22-2)10-14-20/h7-14,21-22H,3-6,15-16H2,1-2H3. The Labute approximate surface area is 145 Å². The molecule has 0 amide bonds. The molecule has 0 saturated carbocycles. The third-order valence-corrected chi connectivity index (χ3v) is 3.86. The number of benzene rings is 2. The molecule has 0 saturated heterocycles. The molecule has 0 heterocycles. The van der Waals surface area contributed by atoms with Gasteiger partial charge in [0.25, 0.3) is 0 Å². The number of nitrogens with one attached hydrogen (secondary N) is 2. The summed E-state index contributed by atoms with van der Waals surface area (Å²) in [5.41, 5.74) is 2.20. The van der Waals surface area contributed by atoms with Crippen LogP contribution < -0.4 is 20.1 Å². The molecular weight excluding hydrogens is 300 g/mol. The zero-order valence-electron chi connectivity index (χ0n) is 14.7. The van der Waals surface area contributed by atoms with Crippen molar-refractivity contribution in [2.24, 2.45) is 0 Å². The van der Waals surface area contributed by atoms with Gasteiger partial charge in [-0.25, -0.2) is 0 Å². The summed E-state index contributed by atoms with van der Waals surface area (Å²) in [6, 6.07) is 16.1.